The zero-order chi connectivity index (χ0) is 13.3. The van der Waals surface area contributed by atoms with Crippen molar-refractivity contribution in [2.24, 2.45) is 0 Å². The summed E-state index contributed by atoms with van der Waals surface area (Å²) >= 11 is 1.65. The van der Waals surface area contributed by atoms with Gasteiger partial charge in [0.1, 0.15) is 0 Å². The van der Waals surface area contributed by atoms with Crippen molar-refractivity contribution in [3.8, 4) is 0 Å². The molecular formula is C12H17N3O3S. The molecule has 2 rings (SSSR count). The normalized spacial score (nSPS) is 12.7. The smallest absolute Gasteiger partial charge is 0.227 e. The Morgan fingerprint density at radius 2 is 2.47 bits per heavy atom. The van der Waals surface area contributed by atoms with Gasteiger partial charge in [0.15, 0.2) is 6.33 Å². The number of aliphatic hydroxyl groups is 1. The predicted octanol–water partition coefficient (Wildman–Crippen LogP) is 0.841. The number of aliphatic hydroxyl groups excluding tert-OH is 1. The molecular weight excluding hydrogens is 266 g/mol. The fraction of sp³-hybridized carbons (Fsp3) is 0.500. The Hall–Kier alpha value is -1.28. The van der Waals surface area contributed by atoms with Gasteiger partial charge in [0.05, 0.1) is 19.3 Å². The second kappa shape index (κ2) is 8.00. The van der Waals surface area contributed by atoms with Gasteiger partial charge in [-0.3, -0.25) is 0 Å². The average molecular weight is 283 g/mol. The topological polar surface area (TPSA) is 80.4 Å². The summed E-state index contributed by atoms with van der Waals surface area (Å²) in [5, 5.41) is 18.3. The Balaban J connectivity index is 1.48. The van der Waals surface area contributed by atoms with Crippen molar-refractivity contribution in [2.45, 2.75) is 19.1 Å². The summed E-state index contributed by atoms with van der Waals surface area (Å²) in [6.07, 6.45) is 1.52. The lowest BCUT2D eigenvalue weighted by Crippen LogP contribution is -2.31. The lowest BCUT2D eigenvalue weighted by atomic mass is 10.3. The van der Waals surface area contributed by atoms with Gasteiger partial charge in [0, 0.05) is 24.4 Å². The van der Waals surface area contributed by atoms with Crippen molar-refractivity contribution in [3.63, 3.8) is 0 Å². The van der Waals surface area contributed by atoms with Crippen molar-refractivity contribution in [2.75, 3.05) is 19.7 Å². The van der Waals surface area contributed by atoms with Crippen LogP contribution in [-0.2, 0) is 17.8 Å². The maximum atomic E-state index is 9.70. The average Bonchev–Trinajstić information content (AvgIpc) is 3.07. The molecule has 0 radical (unpaired) electrons. The molecule has 7 heteroatoms. The maximum Gasteiger partial charge on any atom is 0.227 e. The summed E-state index contributed by atoms with van der Waals surface area (Å²) in [6.45, 7) is 2.05. The third-order valence-corrected chi connectivity index (χ3v) is 3.29. The van der Waals surface area contributed by atoms with E-state index < -0.39 is 6.10 Å². The minimum Gasteiger partial charge on any atom is -0.389 e. The van der Waals surface area contributed by atoms with E-state index in [0.717, 1.165) is 4.88 Å². The molecule has 1 unspecified atom stereocenters. The van der Waals surface area contributed by atoms with Crippen LogP contribution in [0.5, 0.6) is 0 Å². The molecule has 0 bridgehead atoms. The zero-order valence-corrected chi connectivity index (χ0v) is 11.3. The molecule has 0 aliphatic heterocycles. The third-order valence-electron chi connectivity index (χ3n) is 2.44. The van der Waals surface area contributed by atoms with E-state index >= 15 is 0 Å². The molecule has 2 aromatic rings. The van der Waals surface area contributed by atoms with Crippen molar-refractivity contribution < 1.29 is 14.4 Å². The monoisotopic (exact) mass is 283 g/mol. The molecule has 0 saturated carbocycles. The molecule has 2 heterocycles. The van der Waals surface area contributed by atoms with Crippen LogP contribution in [0.1, 0.15) is 10.8 Å². The molecule has 0 amide bonds. The van der Waals surface area contributed by atoms with Gasteiger partial charge in [-0.15, -0.1) is 11.3 Å². The predicted molar refractivity (Wildman–Crippen MR) is 70.9 cm³/mol. The highest BCUT2D eigenvalue weighted by Crippen LogP contribution is 2.09. The number of hydrogen-bond donors (Lipinski definition) is 2. The van der Waals surface area contributed by atoms with Crippen LogP contribution in [0.4, 0.5) is 0 Å². The first-order chi connectivity index (χ1) is 9.34. The highest BCUT2D eigenvalue weighted by Gasteiger charge is 2.05. The maximum absolute atomic E-state index is 9.70. The fourth-order valence-corrected chi connectivity index (χ4v) is 2.16. The number of hydrogen-bond acceptors (Lipinski definition) is 7. The Morgan fingerprint density at radius 1 is 1.53 bits per heavy atom. The molecule has 19 heavy (non-hydrogen) atoms. The van der Waals surface area contributed by atoms with Gasteiger partial charge < -0.3 is 19.7 Å². The molecule has 0 fully saturated rings. The number of rotatable bonds is 9. The molecule has 6 nitrogen and oxygen atoms in total. The van der Waals surface area contributed by atoms with Crippen LogP contribution in [-0.4, -0.2) is 41.0 Å². The highest BCUT2D eigenvalue weighted by atomic mass is 32.1. The third kappa shape index (κ3) is 5.48. The quantitative estimate of drug-likeness (QED) is 0.664. The zero-order valence-electron chi connectivity index (χ0n) is 10.5. The summed E-state index contributed by atoms with van der Waals surface area (Å²) in [5.74, 6) is 0.593. The van der Waals surface area contributed by atoms with Crippen molar-refractivity contribution in [1.82, 2.24) is 15.5 Å². The standard InChI is InChI=1S/C12H17N3O3S/c16-10(7-17-8-11-2-1-5-19-11)6-13-4-3-12-14-9-15-18-12/h1-2,5,9-10,13,16H,3-4,6-8H2. The second-order valence-corrected chi connectivity index (χ2v) is 5.07. The molecule has 104 valence electrons. The Morgan fingerprint density at radius 3 is 3.21 bits per heavy atom. The van der Waals surface area contributed by atoms with E-state index in [4.69, 9.17) is 9.26 Å². The van der Waals surface area contributed by atoms with Crippen molar-refractivity contribution >= 4 is 11.3 Å². The molecule has 1 atom stereocenters. The van der Waals surface area contributed by atoms with Gasteiger partial charge in [-0.2, -0.15) is 4.98 Å². The van der Waals surface area contributed by atoms with Gasteiger partial charge in [0.25, 0.3) is 0 Å². The summed E-state index contributed by atoms with van der Waals surface area (Å²) in [6, 6.07) is 4.00. The van der Waals surface area contributed by atoms with E-state index in [0.29, 0.717) is 38.6 Å². The first-order valence-corrected chi connectivity index (χ1v) is 6.97. The van der Waals surface area contributed by atoms with Crippen LogP contribution in [0.25, 0.3) is 0 Å². The molecule has 2 N–H and O–H groups in total. The molecule has 0 aromatic carbocycles. The SMILES string of the molecule is OC(CNCCc1ncno1)COCc1cccs1. The van der Waals surface area contributed by atoms with Gasteiger partial charge in [0.2, 0.25) is 5.89 Å². The van der Waals surface area contributed by atoms with E-state index in [1.807, 2.05) is 17.5 Å². The van der Waals surface area contributed by atoms with Gasteiger partial charge in [-0.1, -0.05) is 11.2 Å². The number of ether oxygens (including phenoxy) is 1. The second-order valence-electron chi connectivity index (χ2n) is 4.04. The minimum atomic E-state index is -0.511. The minimum absolute atomic E-state index is 0.325. The molecule has 0 saturated heterocycles. The highest BCUT2D eigenvalue weighted by molar-refractivity contribution is 7.09. The van der Waals surface area contributed by atoms with E-state index in [1.165, 1.54) is 6.33 Å². The largest absolute Gasteiger partial charge is 0.389 e. The number of nitrogens with one attached hydrogen (secondary N) is 1. The molecule has 2 aromatic heterocycles. The summed E-state index contributed by atoms with van der Waals surface area (Å²) in [4.78, 5) is 5.07. The fourth-order valence-electron chi connectivity index (χ4n) is 1.52. The van der Waals surface area contributed by atoms with E-state index in [2.05, 4.69) is 15.5 Å². The van der Waals surface area contributed by atoms with Crippen LogP contribution < -0.4 is 5.32 Å². The Bertz CT molecular complexity index is 433. The number of nitrogens with zero attached hydrogens (tertiary/aromatic N) is 2. The lowest BCUT2D eigenvalue weighted by molar-refractivity contribution is 0.0299. The lowest BCUT2D eigenvalue weighted by Gasteiger charge is -2.11. The summed E-state index contributed by atoms with van der Waals surface area (Å²) in [5.41, 5.74) is 0. The first kappa shape index (κ1) is 14.1. The Labute approximate surface area is 115 Å². The first-order valence-electron chi connectivity index (χ1n) is 6.09. The van der Waals surface area contributed by atoms with Crippen LogP contribution in [0.2, 0.25) is 0 Å². The van der Waals surface area contributed by atoms with E-state index in [9.17, 15) is 5.11 Å². The summed E-state index contributed by atoms with van der Waals surface area (Å²) in [7, 11) is 0. The summed E-state index contributed by atoms with van der Waals surface area (Å²) < 4.78 is 10.3. The molecule has 0 aliphatic rings. The number of thiophene rings is 1. The van der Waals surface area contributed by atoms with Gasteiger partial charge >= 0.3 is 0 Å². The van der Waals surface area contributed by atoms with E-state index in [1.54, 1.807) is 11.3 Å². The molecule has 0 spiro atoms. The van der Waals surface area contributed by atoms with Crippen molar-refractivity contribution in [3.05, 3.63) is 34.6 Å². The van der Waals surface area contributed by atoms with Gasteiger partial charge in [-0.25, -0.2) is 0 Å². The van der Waals surface area contributed by atoms with E-state index in [-0.39, 0.29) is 0 Å². The van der Waals surface area contributed by atoms with Crippen LogP contribution in [0, 0.1) is 0 Å². The molecule has 0 aliphatic carbocycles. The van der Waals surface area contributed by atoms with Gasteiger partial charge in [-0.05, 0) is 11.4 Å². The van der Waals surface area contributed by atoms with Crippen LogP contribution >= 0.6 is 11.3 Å². The van der Waals surface area contributed by atoms with Crippen LogP contribution in [0.15, 0.2) is 28.4 Å². The Kier molecular flexibility index (Phi) is 5.96. The van der Waals surface area contributed by atoms with Crippen LogP contribution in [0.3, 0.4) is 0 Å². The number of aromatic nitrogens is 2. The van der Waals surface area contributed by atoms with Crippen molar-refractivity contribution in [1.29, 1.82) is 0 Å².